The molecule has 0 aliphatic carbocycles. The number of carbonyl (C=O) groups excluding carboxylic acids is 1. The Bertz CT molecular complexity index is 362. The second-order valence-electron chi connectivity index (χ2n) is 4.06. The van der Waals surface area contributed by atoms with Crippen molar-refractivity contribution < 1.29 is 9.53 Å². The smallest absolute Gasteiger partial charge is 0.222 e. The number of benzene rings is 1. The molecule has 1 amide bonds. The maximum absolute atomic E-state index is 11.6. The molecule has 4 heteroatoms. The van der Waals surface area contributed by atoms with Gasteiger partial charge in [-0.2, -0.15) is 0 Å². The Labute approximate surface area is 102 Å². The van der Waals surface area contributed by atoms with Crippen LogP contribution >= 0.6 is 0 Å². The summed E-state index contributed by atoms with van der Waals surface area (Å²) in [6.07, 6.45) is 0.103. The zero-order chi connectivity index (χ0) is 12.7. The molecule has 0 radical (unpaired) electrons. The Morgan fingerprint density at radius 1 is 1.53 bits per heavy atom. The van der Waals surface area contributed by atoms with Gasteiger partial charge in [0.05, 0.1) is 12.5 Å². The fourth-order valence-electron chi connectivity index (χ4n) is 1.56. The number of nitrogens with one attached hydrogen (secondary N) is 1. The first-order valence-electron chi connectivity index (χ1n) is 5.70. The van der Waals surface area contributed by atoms with Crippen molar-refractivity contribution in [3.63, 3.8) is 0 Å². The number of rotatable bonds is 6. The first-order chi connectivity index (χ1) is 8.15. The van der Waals surface area contributed by atoms with Crippen molar-refractivity contribution in [1.29, 1.82) is 0 Å². The van der Waals surface area contributed by atoms with Crippen molar-refractivity contribution in [3.05, 3.63) is 35.4 Å². The molecule has 0 fully saturated rings. The summed E-state index contributed by atoms with van der Waals surface area (Å²) in [5, 5.41) is 2.85. The highest BCUT2D eigenvalue weighted by atomic mass is 16.5. The molecule has 94 valence electrons. The van der Waals surface area contributed by atoms with Crippen molar-refractivity contribution in [2.75, 3.05) is 13.7 Å². The number of methoxy groups -OCH3 is 1. The summed E-state index contributed by atoms with van der Waals surface area (Å²) in [7, 11) is 1.56. The average Bonchev–Trinajstić information content (AvgIpc) is 2.33. The van der Waals surface area contributed by atoms with E-state index in [9.17, 15) is 4.79 Å². The van der Waals surface area contributed by atoms with Crippen LogP contribution in [0.3, 0.4) is 0 Å². The molecule has 0 spiro atoms. The van der Waals surface area contributed by atoms with Crippen molar-refractivity contribution in [3.8, 4) is 0 Å². The molecule has 0 aliphatic rings. The van der Waals surface area contributed by atoms with Gasteiger partial charge in [0, 0.05) is 20.2 Å². The molecule has 1 aromatic carbocycles. The van der Waals surface area contributed by atoms with Crippen LogP contribution in [0.1, 0.15) is 17.5 Å². The maximum atomic E-state index is 11.6. The summed E-state index contributed by atoms with van der Waals surface area (Å²) in [4.78, 5) is 11.6. The minimum Gasteiger partial charge on any atom is -0.380 e. The van der Waals surface area contributed by atoms with Crippen molar-refractivity contribution in [1.82, 2.24) is 5.32 Å². The number of hydrogen-bond acceptors (Lipinski definition) is 3. The van der Waals surface area contributed by atoms with E-state index in [-0.39, 0.29) is 12.0 Å². The number of aryl methyl sites for hydroxylation is 1. The van der Waals surface area contributed by atoms with Crippen LogP contribution in [0.15, 0.2) is 24.3 Å². The Balaban J connectivity index is 2.38. The third-order valence-electron chi connectivity index (χ3n) is 2.58. The van der Waals surface area contributed by atoms with Crippen LogP contribution in [0.2, 0.25) is 0 Å². The fraction of sp³-hybridized carbons (Fsp3) is 0.462. The van der Waals surface area contributed by atoms with Crippen LogP contribution in [0, 0.1) is 6.92 Å². The largest absolute Gasteiger partial charge is 0.380 e. The molecule has 17 heavy (non-hydrogen) atoms. The van der Waals surface area contributed by atoms with Crippen LogP contribution in [-0.2, 0) is 16.1 Å². The highest BCUT2D eigenvalue weighted by Gasteiger charge is 2.10. The van der Waals surface area contributed by atoms with Gasteiger partial charge in [0.25, 0.3) is 0 Å². The molecule has 1 aromatic rings. The fourth-order valence-corrected chi connectivity index (χ4v) is 1.56. The molecule has 1 rings (SSSR count). The van der Waals surface area contributed by atoms with Gasteiger partial charge in [-0.05, 0) is 12.5 Å². The zero-order valence-corrected chi connectivity index (χ0v) is 10.4. The third-order valence-corrected chi connectivity index (χ3v) is 2.58. The minimum absolute atomic E-state index is 0.0381. The molecular weight excluding hydrogens is 216 g/mol. The maximum Gasteiger partial charge on any atom is 0.222 e. The summed E-state index contributed by atoms with van der Waals surface area (Å²) in [5.74, 6) is -0.0381. The van der Waals surface area contributed by atoms with E-state index in [1.165, 1.54) is 5.56 Å². The van der Waals surface area contributed by atoms with Gasteiger partial charge in [-0.25, -0.2) is 0 Å². The van der Waals surface area contributed by atoms with Gasteiger partial charge in [0.1, 0.15) is 0 Å². The lowest BCUT2D eigenvalue weighted by Crippen LogP contribution is -2.31. The molecule has 0 saturated heterocycles. The number of carbonyl (C=O) groups is 1. The Kier molecular flexibility index (Phi) is 5.66. The van der Waals surface area contributed by atoms with E-state index in [0.29, 0.717) is 19.5 Å². The summed E-state index contributed by atoms with van der Waals surface area (Å²) >= 11 is 0. The Morgan fingerprint density at radius 3 is 2.88 bits per heavy atom. The predicted octanol–water partition coefficient (Wildman–Crippen LogP) is 0.975. The molecule has 4 nitrogen and oxygen atoms in total. The van der Waals surface area contributed by atoms with Crippen LogP contribution in [0.4, 0.5) is 0 Å². The number of amides is 1. The van der Waals surface area contributed by atoms with E-state index in [0.717, 1.165) is 5.56 Å². The summed E-state index contributed by atoms with van der Waals surface area (Å²) in [6.45, 7) is 2.93. The monoisotopic (exact) mass is 236 g/mol. The molecule has 0 aliphatic heterocycles. The van der Waals surface area contributed by atoms with Crippen LogP contribution in [-0.4, -0.2) is 25.7 Å². The van der Waals surface area contributed by atoms with Gasteiger partial charge in [-0.15, -0.1) is 0 Å². The molecule has 0 bridgehead atoms. The van der Waals surface area contributed by atoms with Gasteiger partial charge >= 0.3 is 0 Å². The topological polar surface area (TPSA) is 64.3 Å². The van der Waals surface area contributed by atoms with Gasteiger partial charge in [0.2, 0.25) is 5.91 Å². The van der Waals surface area contributed by atoms with Crippen LogP contribution in [0.5, 0.6) is 0 Å². The van der Waals surface area contributed by atoms with E-state index in [1.54, 1.807) is 7.11 Å². The normalized spacial score (nSPS) is 12.2. The van der Waals surface area contributed by atoms with E-state index < -0.39 is 0 Å². The summed E-state index contributed by atoms with van der Waals surface area (Å²) in [6, 6.07) is 8.05. The minimum atomic E-state index is -0.201. The molecule has 1 unspecified atom stereocenters. The summed E-state index contributed by atoms with van der Waals surface area (Å²) < 4.78 is 5.06. The first kappa shape index (κ1) is 13.7. The van der Waals surface area contributed by atoms with Crippen LogP contribution in [0.25, 0.3) is 0 Å². The summed E-state index contributed by atoms with van der Waals surface area (Å²) in [5.41, 5.74) is 7.74. The Hall–Kier alpha value is -1.39. The van der Waals surface area contributed by atoms with Gasteiger partial charge in [0.15, 0.2) is 0 Å². The molecule has 0 aromatic heterocycles. The second kappa shape index (κ2) is 7.04. The van der Waals surface area contributed by atoms with E-state index in [1.807, 2.05) is 25.1 Å². The van der Waals surface area contributed by atoms with E-state index in [4.69, 9.17) is 10.5 Å². The quantitative estimate of drug-likeness (QED) is 0.773. The highest BCUT2D eigenvalue weighted by Crippen LogP contribution is 2.03. The SMILES string of the molecule is COC(CN)CC(=O)NCc1cccc(C)c1. The first-order valence-corrected chi connectivity index (χ1v) is 5.70. The highest BCUT2D eigenvalue weighted by molar-refractivity contribution is 5.76. The van der Waals surface area contributed by atoms with Crippen molar-refractivity contribution >= 4 is 5.91 Å². The number of nitrogens with two attached hydrogens (primary N) is 1. The third kappa shape index (κ3) is 4.97. The standard InChI is InChI=1S/C13H20N2O2/c1-10-4-3-5-11(6-10)9-15-13(16)7-12(8-14)17-2/h3-6,12H,7-9,14H2,1-2H3,(H,15,16). The average molecular weight is 236 g/mol. The van der Waals surface area contributed by atoms with Gasteiger partial charge < -0.3 is 15.8 Å². The lowest BCUT2D eigenvalue weighted by molar-refractivity contribution is -0.123. The lowest BCUT2D eigenvalue weighted by Gasteiger charge is -2.12. The molecule has 0 heterocycles. The van der Waals surface area contributed by atoms with E-state index >= 15 is 0 Å². The molecular formula is C13H20N2O2. The van der Waals surface area contributed by atoms with E-state index in [2.05, 4.69) is 11.4 Å². The number of hydrogen-bond donors (Lipinski definition) is 2. The lowest BCUT2D eigenvalue weighted by atomic mass is 10.1. The van der Waals surface area contributed by atoms with Gasteiger partial charge in [-0.3, -0.25) is 4.79 Å². The van der Waals surface area contributed by atoms with Crippen molar-refractivity contribution in [2.24, 2.45) is 5.73 Å². The van der Waals surface area contributed by atoms with Gasteiger partial charge in [-0.1, -0.05) is 29.8 Å². The van der Waals surface area contributed by atoms with Crippen molar-refractivity contribution in [2.45, 2.75) is 26.0 Å². The second-order valence-corrected chi connectivity index (χ2v) is 4.06. The number of ether oxygens (including phenoxy) is 1. The molecule has 0 saturated carbocycles. The van der Waals surface area contributed by atoms with Crippen LogP contribution < -0.4 is 11.1 Å². The zero-order valence-electron chi connectivity index (χ0n) is 10.4. The predicted molar refractivity (Wildman–Crippen MR) is 67.5 cm³/mol. The Morgan fingerprint density at radius 2 is 2.29 bits per heavy atom. The molecule has 1 atom stereocenters. The molecule has 3 N–H and O–H groups in total.